The van der Waals surface area contributed by atoms with Crippen LogP contribution in [0, 0.1) is 0 Å². The Hall–Kier alpha value is -1.66. The van der Waals surface area contributed by atoms with Crippen LogP contribution < -0.4 is 0 Å². The molecule has 2 aromatic heterocycles. The smallest absolute Gasteiger partial charge is 0.264 e. The van der Waals surface area contributed by atoms with E-state index in [4.69, 9.17) is 0 Å². The number of carbonyl (C=O) groups excluding carboxylic acids is 1. The molecule has 1 saturated heterocycles. The highest BCUT2D eigenvalue weighted by molar-refractivity contribution is 7.12. The van der Waals surface area contributed by atoms with Gasteiger partial charge < -0.3 is 9.47 Å². The van der Waals surface area contributed by atoms with E-state index in [0.717, 1.165) is 37.6 Å². The van der Waals surface area contributed by atoms with E-state index in [1.807, 2.05) is 34.9 Å². The largest absolute Gasteiger partial charge is 0.335 e. The van der Waals surface area contributed by atoms with Crippen LogP contribution in [0.15, 0.2) is 30.0 Å². The van der Waals surface area contributed by atoms with Gasteiger partial charge in [-0.3, -0.25) is 9.69 Å². The molecule has 0 radical (unpaired) electrons. The van der Waals surface area contributed by atoms with Crippen molar-refractivity contribution < 1.29 is 4.79 Å². The van der Waals surface area contributed by atoms with Gasteiger partial charge in [0.25, 0.3) is 5.91 Å². The van der Waals surface area contributed by atoms with Crippen molar-refractivity contribution in [2.24, 2.45) is 0 Å². The van der Waals surface area contributed by atoms with Gasteiger partial charge in [-0.25, -0.2) is 4.98 Å². The number of carbonyl (C=O) groups is 1. The fraction of sp³-hybridized carbons (Fsp3) is 0.579. The number of hydrogen-bond donors (Lipinski definition) is 0. The first-order valence-electron chi connectivity index (χ1n) is 9.37. The van der Waals surface area contributed by atoms with Crippen molar-refractivity contribution in [3.8, 4) is 0 Å². The van der Waals surface area contributed by atoms with Gasteiger partial charge in [0.1, 0.15) is 0 Å². The summed E-state index contributed by atoms with van der Waals surface area (Å²) >= 11 is 1.53. The number of rotatable bonds is 4. The summed E-state index contributed by atoms with van der Waals surface area (Å²) in [6.45, 7) is 4.44. The standard InChI is InChI=1S/C19H26N4OS/c24-19(18-7-4-12-25-18)22-10-8-21(9-11-22)14-17-13-20-15-23(17)16-5-2-1-3-6-16/h4,7,12-13,15-16H,1-3,5-6,8-11,14H2. The summed E-state index contributed by atoms with van der Waals surface area (Å²) in [5, 5.41) is 1.97. The van der Waals surface area contributed by atoms with Gasteiger partial charge in [-0.05, 0) is 24.3 Å². The summed E-state index contributed by atoms with van der Waals surface area (Å²) in [6, 6.07) is 4.50. The van der Waals surface area contributed by atoms with Crippen LogP contribution in [0.2, 0.25) is 0 Å². The number of nitrogens with zero attached hydrogens (tertiary/aromatic N) is 4. The molecule has 1 amide bonds. The van der Waals surface area contributed by atoms with E-state index in [1.165, 1.54) is 49.1 Å². The molecule has 5 nitrogen and oxygen atoms in total. The monoisotopic (exact) mass is 358 g/mol. The highest BCUT2D eigenvalue weighted by Gasteiger charge is 2.24. The van der Waals surface area contributed by atoms with E-state index in [0.29, 0.717) is 6.04 Å². The summed E-state index contributed by atoms with van der Waals surface area (Å²) < 4.78 is 2.41. The van der Waals surface area contributed by atoms with Gasteiger partial charge in [0, 0.05) is 45.0 Å². The van der Waals surface area contributed by atoms with E-state index in [-0.39, 0.29) is 5.91 Å². The fourth-order valence-corrected chi connectivity index (χ4v) is 4.73. The third kappa shape index (κ3) is 3.80. The Morgan fingerprint density at radius 2 is 1.96 bits per heavy atom. The van der Waals surface area contributed by atoms with E-state index < -0.39 is 0 Å². The van der Waals surface area contributed by atoms with Crippen LogP contribution in [-0.4, -0.2) is 51.4 Å². The van der Waals surface area contributed by atoms with Crippen LogP contribution in [0.25, 0.3) is 0 Å². The predicted octanol–water partition coefficient (Wildman–Crippen LogP) is 3.41. The maximum Gasteiger partial charge on any atom is 0.264 e. The Morgan fingerprint density at radius 3 is 2.68 bits per heavy atom. The quantitative estimate of drug-likeness (QED) is 0.841. The maximum absolute atomic E-state index is 12.4. The highest BCUT2D eigenvalue weighted by Crippen LogP contribution is 2.29. The number of hydrogen-bond acceptors (Lipinski definition) is 4. The summed E-state index contributed by atoms with van der Waals surface area (Å²) in [7, 11) is 0. The second kappa shape index (κ2) is 7.70. The first kappa shape index (κ1) is 16.8. The van der Waals surface area contributed by atoms with Gasteiger partial charge in [-0.15, -0.1) is 11.3 Å². The lowest BCUT2D eigenvalue weighted by Crippen LogP contribution is -2.48. The van der Waals surface area contributed by atoms with Crippen LogP contribution in [0.5, 0.6) is 0 Å². The molecule has 1 saturated carbocycles. The van der Waals surface area contributed by atoms with E-state index in [1.54, 1.807) is 0 Å². The van der Waals surface area contributed by atoms with Gasteiger partial charge in [0.2, 0.25) is 0 Å². The molecule has 2 aromatic rings. The third-order valence-corrected chi connectivity index (χ3v) is 6.35. The van der Waals surface area contributed by atoms with Crippen molar-refractivity contribution in [2.45, 2.75) is 44.7 Å². The minimum Gasteiger partial charge on any atom is -0.335 e. The summed E-state index contributed by atoms with van der Waals surface area (Å²) in [4.78, 5) is 22.2. The van der Waals surface area contributed by atoms with E-state index in [9.17, 15) is 4.79 Å². The normalized spacial score (nSPS) is 20.1. The molecule has 1 aliphatic heterocycles. The maximum atomic E-state index is 12.4. The minimum absolute atomic E-state index is 0.182. The van der Waals surface area contributed by atoms with Crippen molar-refractivity contribution >= 4 is 17.2 Å². The van der Waals surface area contributed by atoms with Crippen LogP contribution in [0.3, 0.4) is 0 Å². The average Bonchev–Trinajstić information content (AvgIpc) is 3.35. The first-order chi connectivity index (χ1) is 12.3. The molecule has 0 N–H and O–H groups in total. The van der Waals surface area contributed by atoms with Crippen molar-refractivity contribution in [2.75, 3.05) is 26.2 Å². The Balaban J connectivity index is 1.33. The van der Waals surface area contributed by atoms with Crippen LogP contribution in [0.4, 0.5) is 0 Å². The SMILES string of the molecule is O=C(c1cccs1)N1CCN(Cc2cncn2C2CCCCC2)CC1. The molecule has 0 unspecified atom stereocenters. The molecule has 2 fully saturated rings. The molecule has 4 rings (SSSR count). The van der Waals surface area contributed by atoms with Crippen LogP contribution in [0.1, 0.15) is 53.5 Å². The predicted molar refractivity (Wildman–Crippen MR) is 99.8 cm³/mol. The Labute approximate surface area is 153 Å². The van der Waals surface area contributed by atoms with Crippen LogP contribution in [-0.2, 0) is 6.54 Å². The lowest BCUT2D eigenvalue weighted by Gasteiger charge is -2.35. The zero-order chi connectivity index (χ0) is 17.1. The fourth-order valence-electron chi connectivity index (χ4n) is 4.04. The van der Waals surface area contributed by atoms with Gasteiger partial charge >= 0.3 is 0 Å². The highest BCUT2D eigenvalue weighted by atomic mass is 32.1. The topological polar surface area (TPSA) is 41.4 Å². The van der Waals surface area contributed by atoms with Crippen molar-refractivity contribution in [3.63, 3.8) is 0 Å². The van der Waals surface area contributed by atoms with Crippen molar-refractivity contribution in [1.82, 2.24) is 19.4 Å². The lowest BCUT2D eigenvalue weighted by molar-refractivity contribution is 0.0629. The van der Waals surface area contributed by atoms with Crippen molar-refractivity contribution in [1.29, 1.82) is 0 Å². The molecule has 3 heterocycles. The number of amides is 1. The Morgan fingerprint density at radius 1 is 1.16 bits per heavy atom. The zero-order valence-corrected chi connectivity index (χ0v) is 15.5. The molecular formula is C19H26N4OS. The molecule has 134 valence electrons. The third-order valence-electron chi connectivity index (χ3n) is 5.49. The van der Waals surface area contributed by atoms with Crippen molar-refractivity contribution in [3.05, 3.63) is 40.6 Å². The lowest BCUT2D eigenvalue weighted by atomic mass is 9.95. The van der Waals surface area contributed by atoms with Gasteiger partial charge in [0.05, 0.1) is 16.9 Å². The molecule has 25 heavy (non-hydrogen) atoms. The molecule has 0 spiro atoms. The molecule has 0 aromatic carbocycles. The summed E-state index contributed by atoms with van der Waals surface area (Å²) in [5.41, 5.74) is 1.32. The summed E-state index contributed by atoms with van der Waals surface area (Å²) in [6.07, 6.45) is 10.7. The number of thiophene rings is 1. The molecule has 1 aliphatic carbocycles. The number of piperazine rings is 1. The van der Waals surface area contributed by atoms with Crippen LogP contribution >= 0.6 is 11.3 Å². The minimum atomic E-state index is 0.182. The number of imidazole rings is 1. The molecule has 0 bridgehead atoms. The average molecular weight is 359 g/mol. The molecular weight excluding hydrogens is 332 g/mol. The van der Waals surface area contributed by atoms with E-state index in [2.05, 4.69) is 14.5 Å². The Kier molecular flexibility index (Phi) is 5.17. The summed E-state index contributed by atoms with van der Waals surface area (Å²) in [5.74, 6) is 0.182. The van der Waals surface area contributed by atoms with Gasteiger partial charge in [0.15, 0.2) is 0 Å². The first-order valence-corrected chi connectivity index (χ1v) is 10.2. The van der Waals surface area contributed by atoms with Gasteiger partial charge in [-0.1, -0.05) is 25.3 Å². The Bertz CT molecular complexity index is 682. The second-order valence-electron chi connectivity index (χ2n) is 7.13. The number of aromatic nitrogens is 2. The molecule has 6 heteroatoms. The zero-order valence-electron chi connectivity index (χ0n) is 14.6. The van der Waals surface area contributed by atoms with Gasteiger partial charge in [-0.2, -0.15) is 0 Å². The molecule has 2 aliphatic rings. The molecule has 0 atom stereocenters. The second-order valence-corrected chi connectivity index (χ2v) is 8.08. The van der Waals surface area contributed by atoms with E-state index >= 15 is 0 Å².